The minimum atomic E-state index is -0.815. The van der Waals surface area contributed by atoms with Gasteiger partial charge in [0.1, 0.15) is 23.6 Å². The van der Waals surface area contributed by atoms with E-state index in [1.807, 2.05) is 0 Å². The largest absolute Gasteiger partial charge is 0.364 e. The summed E-state index contributed by atoms with van der Waals surface area (Å²) in [6.07, 6.45) is 1.41. The molecule has 2 aromatic rings. The number of halogens is 2. The van der Waals surface area contributed by atoms with Crippen molar-refractivity contribution in [2.75, 3.05) is 11.9 Å². The second-order valence-corrected chi connectivity index (χ2v) is 3.74. The van der Waals surface area contributed by atoms with E-state index >= 15 is 0 Å². The van der Waals surface area contributed by atoms with Crippen LogP contribution in [0.4, 0.5) is 14.5 Å². The Labute approximate surface area is 107 Å². The first-order valence-electron chi connectivity index (χ1n) is 5.50. The number of rotatable bonds is 5. The molecule has 0 spiro atoms. The van der Waals surface area contributed by atoms with E-state index in [9.17, 15) is 13.6 Å². The molecule has 100 valence electrons. The van der Waals surface area contributed by atoms with Gasteiger partial charge in [0.15, 0.2) is 0 Å². The van der Waals surface area contributed by atoms with Crippen LogP contribution in [0.5, 0.6) is 0 Å². The summed E-state index contributed by atoms with van der Waals surface area (Å²) in [6.45, 7) is 0.226. The van der Waals surface area contributed by atoms with Crippen molar-refractivity contribution in [3.8, 4) is 0 Å². The molecule has 19 heavy (non-hydrogen) atoms. The average Bonchev–Trinajstić information content (AvgIpc) is 2.87. The van der Waals surface area contributed by atoms with Gasteiger partial charge in [0.05, 0.1) is 12.2 Å². The normalized spacial score (nSPS) is 10.4. The number of anilines is 1. The Morgan fingerprint density at radius 3 is 2.63 bits per heavy atom. The molecule has 0 aliphatic carbocycles. The number of carbonyl (C=O) groups excluding carboxylic acids is 1. The van der Waals surface area contributed by atoms with E-state index in [0.717, 1.165) is 12.1 Å². The van der Waals surface area contributed by atoms with Crippen LogP contribution in [0.25, 0.3) is 0 Å². The topological polar surface area (TPSA) is 67.2 Å². The standard InChI is InChI=1S/C12H11F2N3O2/c13-9-2-1-3-10(14)12(9)16-11(18)7-15-6-8-4-5-19-17-8/h1-5,15H,6-7H2,(H,16,18). The fourth-order valence-corrected chi connectivity index (χ4v) is 1.43. The number of hydrogen-bond acceptors (Lipinski definition) is 4. The third kappa shape index (κ3) is 3.59. The summed E-state index contributed by atoms with van der Waals surface area (Å²) in [5.41, 5.74) is 0.181. The van der Waals surface area contributed by atoms with Gasteiger partial charge in [-0.25, -0.2) is 8.78 Å². The highest BCUT2D eigenvalue weighted by atomic mass is 19.1. The third-order valence-electron chi connectivity index (χ3n) is 2.31. The van der Waals surface area contributed by atoms with E-state index in [-0.39, 0.29) is 6.54 Å². The summed E-state index contributed by atoms with van der Waals surface area (Å²) < 4.78 is 31.1. The molecule has 1 aromatic heterocycles. The SMILES string of the molecule is O=C(CNCc1ccon1)Nc1c(F)cccc1F. The number of hydrogen-bond donors (Lipinski definition) is 2. The van der Waals surface area contributed by atoms with Gasteiger partial charge in [-0.3, -0.25) is 4.79 Å². The van der Waals surface area contributed by atoms with Crippen molar-refractivity contribution in [3.05, 3.63) is 47.9 Å². The van der Waals surface area contributed by atoms with Gasteiger partial charge in [0.2, 0.25) is 5.91 Å². The number of aromatic nitrogens is 1. The third-order valence-corrected chi connectivity index (χ3v) is 2.31. The molecule has 0 aliphatic heterocycles. The molecule has 1 amide bonds. The molecule has 0 unspecified atom stereocenters. The van der Waals surface area contributed by atoms with Crippen LogP contribution < -0.4 is 10.6 Å². The van der Waals surface area contributed by atoms with Crippen molar-refractivity contribution in [3.63, 3.8) is 0 Å². The van der Waals surface area contributed by atoms with Gasteiger partial charge in [-0.15, -0.1) is 0 Å². The predicted octanol–water partition coefficient (Wildman–Crippen LogP) is 1.68. The fraction of sp³-hybridized carbons (Fsp3) is 0.167. The monoisotopic (exact) mass is 267 g/mol. The quantitative estimate of drug-likeness (QED) is 0.865. The number of nitrogens with zero attached hydrogens (tertiary/aromatic N) is 1. The lowest BCUT2D eigenvalue weighted by Crippen LogP contribution is -2.28. The number of benzene rings is 1. The summed E-state index contributed by atoms with van der Waals surface area (Å²) in [5, 5.41) is 8.57. The molecular formula is C12H11F2N3O2. The van der Waals surface area contributed by atoms with Crippen molar-refractivity contribution in [1.82, 2.24) is 10.5 Å². The lowest BCUT2D eigenvalue weighted by atomic mass is 10.3. The lowest BCUT2D eigenvalue weighted by molar-refractivity contribution is -0.115. The van der Waals surface area contributed by atoms with E-state index in [1.54, 1.807) is 6.07 Å². The molecule has 1 aromatic carbocycles. The Kier molecular flexibility index (Phi) is 4.19. The Morgan fingerprint density at radius 1 is 1.26 bits per heavy atom. The lowest BCUT2D eigenvalue weighted by Gasteiger charge is -2.07. The number of para-hydroxylation sites is 1. The number of nitrogens with one attached hydrogen (secondary N) is 2. The summed E-state index contributed by atoms with van der Waals surface area (Å²) in [4.78, 5) is 11.5. The van der Waals surface area contributed by atoms with E-state index < -0.39 is 23.2 Å². The Bertz CT molecular complexity index is 538. The van der Waals surface area contributed by atoms with Crippen LogP contribution in [0.15, 0.2) is 35.1 Å². The van der Waals surface area contributed by atoms with Gasteiger partial charge >= 0.3 is 0 Å². The molecule has 1 heterocycles. The Hall–Kier alpha value is -2.28. The van der Waals surface area contributed by atoms with Crippen LogP contribution in [0.3, 0.4) is 0 Å². The number of amides is 1. The molecule has 2 rings (SSSR count). The van der Waals surface area contributed by atoms with Gasteiger partial charge in [-0.1, -0.05) is 11.2 Å². The maximum absolute atomic E-state index is 13.3. The molecule has 0 fully saturated rings. The molecule has 2 N–H and O–H groups in total. The average molecular weight is 267 g/mol. The number of carbonyl (C=O) groups is 1. The second-order valence-electron chi connectivity index (χ2n) is 3.74. The van der Waals surface area contributed by atoms with E-state index in [1.165, 1.54) is 12.3 Å². The van der Waals surface area contributed by atoms with Gasteiger partial charge in [0.25, 0.3) is 0 Å². The summed E-state index contributed by atoms with van der Waals surface area (Å²) in [5.74, 6) is -2.18. The Morgan fingerprint density at radius 2 is 2.00 bits per heavy atom. The zero-order chi connectivity index (χ0) is 13.7. The first kappa shape index (κ1) is 13.2. The first-order valence-corrected chi connectivity index (χ1v) is 5.50. The molecule has 5 nitrogen and oxygen atoms in total. The molecule has 7 heteroatoms. The summed E-state index contributed by atoms with van der Waals surface area (Å²) in [6, 6.07) is 5.01. The zero-order valence-electron chi connectivity index (χ0n) is 9.82. The van der Waals surface area contributed by atoms with Crippen LogP contribution in [0.1, 0.15) is 5.69 Å². The van der Waals surface area contributed by atoms with Crippen molar-refractivity contribution < 1.29 is 18.1 Å². The van der Waals surface area contributed by atoms with Gasteiger partial charge < -0.3 is 15.2 Å². The van der Waals surface area contributed by atoms with Gasteiger partial charge in [0, 0.05) is 12.6 Å². The fourth-order valence-electron chi connectivity index (χ4n) is 1.43. The summed E-state index contributed by atoms with van der Waals surface area (Å²) >= 11 is 0. The van der Waals surface area contributed by atoms with Crippen LogP contribution in [0, 0.1) is 11.6 Å². The molecule has 0 aliphatic rings. The van der Waals surface area contributed by atoms with Crippen LogP contribution in [-0.4, -0.2) is 17.6 Å². The van der Waals surface area contributed by atoms with Crippen molar-refractivity contribution in [2.45, 2.75) is 6.54 Å². The van der Waals surface area contributed by atoms with Crippen LogP contribution >= 0.6 is 0 Å². The van der Waals surface area contributed by atoms with E-state index in [2.05, 4.69) is 20.3 Å². The maximum atomic E-state index is 13.3. The van der Waals surface area contributed by atoms with Crippen LogP contribution in [0.2, 0.25) is 0 Å². The maximum Gasteiger partial charge on any atom is 0.238 e. The molecule has 0 bridgehead atoms. The van der Waals surface area contributed by atoms with Crippen molar-refractivity contribution in [2.24, 2.45) is 0 Å². The Balaban J connectivity index is 1.84. The van der Waals surface area contributed by atoms with Gasteiger partial charge in [-0.2, -0.15) is 0 Å². The second kappa shape index (κ2) is 6.05. The minimum absolute atomic E-state index is 0.0966. The summed E-state index contributed by atoms with van der Waals surface area (Å²) in [7, 11) is 0. The van der Waals surface area contributed by atoms with Crippen molar-refractivity contribution in [1.29, 1.82) is 0 Å². The smallest absolute Gasteiger partial charge is 0.238 e. The highest BCUT2D eigenvalue weighted by Crippen LogP contribution is 2.17. The highest BCUT2D eigenvalue weighted by molar-refractivity contribution is 5.92. The zero-order valence-corrected chi connectivity index (χ0v) is 9.82. The molecule has 0 saturated heterocycles. The van der Waals surface area contributed by atoms with Gasteiger partial charge in [-0.05, 0) is 12.1 Å². The molecule has 0 atom stereocenters. The molecular weight excluding hydrogens is 256 g/mol. The first-order chi connectivity index (χ1) is 9.16. The predicted molar refractivity (Wildman–Crippen MR) is 63.2 cm³/mol. The van der Waals surface area contributed by atoms with E-state index in [0.29, 0.717) is 12.2 Å². The molecule has 0 saturated carbocycles. The van der Waals surface area contributed by atoms with Crippen LogP contribution in [-0.2, 0) is 11.3 Å². The molecule has 0 radical (unpaired) electrons. The van der Waals surface area contributed by atoms with E-state index in [4.69, 9.17) is 0 Å². The minimum Gasteiger partial charge on any atom is -0.364 e. The van der Waals surface area contributed by atoms with Crippen molar-refractivity contribution >= 4 is 11.6 Å². The highest BCUT2D eigenvalue weighted by Gasteiger charge is 2.11.